The number of likely N-dealkylation sites (tertiary alicyclic amines) is 1. The maximum Gasteiger partial charge on any atom is 0.410 e. The van der Waals surface area contributed by atoms with Crippen molar-refractivity contribution in [1.82, 2.24) is 9.88 Å². The molecule has 1 aliphatic heterocycles. The van der Waals surface area contributed by atoms with Gasteiger partial charge in [-0.25, -0.2) is 4.79 Å². The summed E-state index contributed by atoms with van der Waals surface area (Å²) in [5.41, 5.74) is 4.38. The van der Waals surface area contributed by atoms with Crippen LogP contribution in [0.4, 0.5) is 4.79 Å². The van der Waals surface area contributed by atoms with Crippen molar-refractivity contribution in [2.45, 2.75) is 58.3 Å². The Morgan fingerprint density at radius 2 is 1.85 bits per heavy atom. The van der Waals surface area contributed by atoms with Crippen molar-refractivity contribution in [2.75, 3.05) is 13.2 Å². The first-order valence-corrected chi connectivity index (χ1v) is 12.1. The number of para-hydroxylation sites is 1. The van der Waals surface area contributed by atoms with Crippen molar-refractivity contribution in [3.8, 4) is 0 Å². The molecule has 33 heavy (non-hydrogen) atoms. The van der Waals surface area contributed by atoms with Gasteiger partial charge in [0.1, 0.15) is 5.60 Å². The van der Waals surface area contributed by atoms with E-state index in [0.29, 0.717) is 25.0 Å². The predicted octanol–water partition coefficient (Wildman–Crippen LogP) is 6.25. The number of amides is 1. The third-order valence-electron chi connectivity index (χ3n) is 7.01. The number of ether oxygens (including phenoxy) is 2. The second-order valence-corrected chi connectivity index (χ2v) is 10.4. The van der Waals surface area contributed by atoms with E-state index in [1.54, 1.807) is 0 Å². The molecule has 5 heteroatoms. The number of carbonyl (C=O) groups excluding carboxylic acids is 1. The predicted molar refractivity (Wildman–Crippen MR) is 130 cm³/mol. The van der Waals surface area contributed by atoms with Gasteiger partial charge in [-0.1, -0.05) is 48.5 Å². The van der Waals surface area contributed by atoms with Crippen molar-refractivity contribution in [3.63, 3.8) is 0 Å². The molecule has 5 nitrogen and oxygen atoms in total. The number of fused-ring (bicyclic) bond motifs is 6. The van der Waals surface area contributed by atoms with Gasteiger partial charge in [0.05, 0.1) is 12.6 Å². The zero-order chi connectivity index (χ0) is 23.0. The Balaban J connectivity index is 1.42. The summed E-state index contributed by atoms with van der Waals surface area (Å²) in [5, 5.41) is 1.22. The number of hydrogen-bond acceptors (Lipinski definition) is 3. The number of hydrogen-bond donors (Lipinski definition) is 1. The van der Waals surface area contributed by atoms with Crippen molar-refractivity contribution in [3.05, 3.63) is 71.4 Å². The number of aromatic nitrogens is 1. The third kappa shape index (κ3) is 4.51. The van der Waals surface area contributed by atoms with Crippen molar-refractivity contribution >= 4 is 17.0 Å². The second kappa shape index (κ2) is 8.86. The fourth-order valence-corrected chi connectivity index (χ4v) is 5.65. The van der Waals surface area contributed by atoms with Crippen LogP contribution >= 0.6 is 0 Å². The molecule has 1 saturated heterocycles. The average Bonchev–Trinajstić information content (AvgIpc) is 3.14. The molecule has 1 fully saturated rings. The Bertz CT molecular complexity index is 1120. The summed E-state index contributed by atoms with van der Waals surface area (Å²) in [7, 11) is 0. The van der Waals surface area contributed by atoms with Gasteiger partial charge in [-0.3, -0.25) is 0 Å². The zero-order valence-corrected chi connectivity index (χ0v) is 19.8. The van der Waals surface area contributed by atoms with E-state index in [2.05, 4.69) is 41.4 Å². The molecule has 1 amide bonds. The van der Waals surface area contributed by atoms with Gasteiger partial charge in [-0.2, -0.15) is 0 Å². The lowest BCUT2D eigenvalue weighted by atomic mass is 9.68. The molecule has 2 aliphatic rings. The Hall–Kier alpha value is -2.79. The number of aromatic amines is 1. The number of carbonyl (C=O) groups is 1. The van der Waals surface area contributed by atoms with Crippen LogP contribution in [0, 0.1) is 11.8 Å². The molecule has 2 heterocycles. The largest absolute Gasteiger partial charge is 0.444 e. The molecule has 5 rings (SSSR count). The molecular formula is C28H34N2O3. The normalized spacial score (nSPS) is 22.3. The summed E-state index contributed by atoms with van der Waals surface area (Å²) in [4.78, 5) is 18.9. The van der Waals surface area contributed by atoms with Gasteiger partial charge in [0, 0.05) is 35.3 Å². The first-order valence-electron chi connectivity index (χ1n) is 12.1. The molecule has 174 valence electrons. The van der Waals surface area contributed by atoms with E-state index >= 15 is 0 Å². The summed E-state index contributed by atoms with van der Waals surface area (Å²) < 4.78 is 11.9. The van der Waals surface area contributed by atoms with Crippen LogP contribution in [-0.2, 0) is 22.5 Å². The SMILES string of the molecule is CC(C)(C)OC(=O)N1CC[C@@H]2Cc3[nH]c4ccccc4c3[C@H]1[C@H]2CCOCc1ccccc1. The van der Waals surface area contributed by atoms with Crippen LogP contribution in [-0.4, -0.2) is 34.7 Å². The molecule has 0 unspecified atom stereocenters. The Morgan fingerprint density at radius 1 is 1.09 bits per heavy atom. The molecule has 1 aliphatic carbocycles. The summed E-state index contributed by atoms with van der Waals surface area (Å²) in [6, 6.07) is 18.8. The first-order chi connectivity index (χ1) is 15.9. The Kier molecular flexibility index (Phi) is 5.92. The lowest BCUT2D eigenvalue weighted by Gasteiger charge is -2.49. The second-order valence-electron chi connectivity index (χ2n) is 10.4. The highest BCUT2D eigenvalue weighted by Gasteiger charge is 2.47. The quantitative estimate of drug-likeness (QED) is 0.472. The highest BCUT2D eigenvalue weighted by atomic mass is 16.6. The number of rotatable bonds is 5. The molecule has 1 N–H and O–H groups in total. The summed E-state index contributed by atoms with van der Waals surface area (Å²) >= 11 is 0. The molecule has 0 spiro atoms. The van der Waals surface area contributed by atoms with Crippen LogP contribution in [0.5, 0.6) is 0 Å². The monoisotopic (exact) mass is 446 g/mol. The number of nitrogens with zero attached hydrogens (tertiary/aromatic N) is 1. The number of H-pyrrole nitrogens is 1. The zero-order valence-electron chi connectivity index (χ0n) is 19.8. The van der Waals surface area contributed by atoms with E-state index in [0.717, 1.165) is 31.3 Å². The van der Waals surface area contributed by atoms with Gasteiger partial charge in [0.15, 0.2) is 0 Å². The highest BCUT2D eigenvalue weighted by molar-refractivity contribution is 5.86. The van der Waals surface area contributed by atoms with Gasteiger partial charge < -0.3 is 19.4 Å². The summed E-state index contributed by atoms with van der Waals surface area (Å²) in [6.45, 7) is 7.85. The van der Waals surface area contributed by atoms with E-state index in [-0.39, 0.29) is 12.1 Å². The maximum absolute atomic E-state index is 13.3. The van der Waals surface area contributed by atoms with Crippen molar-refractivity contribution in [1.29, 1.82) is 0 Å². The van der Waals surface area contributed by atoms with E-state index in [4.69, 9.17) is 9.47 Å². The first kappa shape index (κ1) is 22.0. The van der Waals surface area contributed by atoms with Gasteiger partial charge >= 0.3 is 6.09 Å². The molecule has 0 radical (unpaired) electrons. The number of benzene rings is 2. The van der Waals surface area contributed by atoms with Gasteiger partial charge in [0.2, 0.25) is 0 Å². The fraction of sp³-hybridized carbons (Fsp3) is 0.464. The number of nitrogens with one attached hydrogen (secondary N) is 1. The molecular weight excluding hydrogens is 412 g/mol. The minimum atomic E-state index is -0.514. The van der Waals surface area contributed by atoms with E-state index in [1.807, 2.05) is 43.9 Å². The number of piperidine rings is 1. The van der Waals surface area contributed by atoms with Gasteiger partial charge in [-0.15, -0.1) is 0 Å². The van der Waals surface area contributed by atoms with Crippen LogP contribution in [0.25, 0.3) is 10.9 Å². The van der Waals surface area contributed by atoms with Crippen LogP contribution in [0.15, 0.2) is 54.6 Å². The van der Waals surface area contributed by atoms with Gasteiger partial charge in [0.25, 0.3) is 0 Å². The van der Waals surface area contributed by atoms with Gasteiger partial charge in [-0.05, 0) is 63.5 Å². The van der Waals surface area contributed by atoms with Crippen LogP contribution < -0.4 is 0 Å². The Labute approximate surface area is 196 Å². The molecule has 2 aromatic carbocycles. The van der Waals surface area contributed by atoms with Crippen LogP contribution in [0.3, 0.4) is 0 Å². The lowest BCUT2D eigenvalue weighted by Crippen LogP contribution is -2.50. The maximum atomic E-state index is 13.3. The Morgan fingerprint density at radius 3 is 2.64 bits per heavy atom. The van der Waals surface area contributed by atoms with Crippen molar-refractivity contribution < 1.29 is 14.3 Å². The van der Waals surface area contributed by atoms with E-state index in [9.17, 15) is 4.79 Å². The summed E-state index contributed by atoms with van der Waals surface area (Å²) in [5.74, 6) is 0.892. The molecule has 0 saturated carbocycles. The lowest BCUT2D eigenvalue weighted by molar-refractivity contribution is -0.0237. The molecule has 1 aromatic heterocycles. The molecule has 3 aromatic rings. The van der Waals surface area contributed by atoms with E-state index in [1.165, 1.54) is 22.2 Å². The standard InChI is InChI=1S/C28H34N2O3/c1-28(2,3)33-27(31)30-15-13-20-17-24-25(22-11-7-8-12-23(22)29-24)26(30)21(20)14-16-32-18-19-9-5-4-6-10-19/h4-12,20-21,26,29H,13-18H2,1-3H3/t20-,21+,26-/m1/s1. The minimum absolute atomic E-state index is 0.0128. The fourth-order valence-electron chi connectivity index (χ4n) is 5.65. The molecule has 2 bridgehead atoms. The molecule has 3 atom stereocenters. The topological polar surface area (TPSA) is 54.6 Å². The van der Waals surface area contributed by atoms with E-state index < -0.39 is 5.60 Å². The minimum Gasteiger partial charge on any atom is -0.444 e. The summed E-state index contributed by atoms with van der Waals surface area (Å²) in [6.07, 6.45) is 2.75. The van der Waals surface area contributed by atoms with Crippen molar-refractivity contribution in [2.24, 2.45) is 11.8 Å². The average molecular weight is 447 g/mol. The van der Waals surface area contributed by atoms with Crippen LogP contribution in [0.2, 0.25) is 0 Å². The highest BCUT2D eigenvalue weighted by Crippen LogP contribution is 2.50. The van der Waals surface area contributed by atoms with Crippen LogP contribution in [0.1, 0.15) is 56.5 Å². The third-order valence-corrected chi connectivity index (χ3v) is 7.01. The smallest absolute Gasteiger partial charge is 0.410 e.